The predicted molar refractivity (Wildman–Crippen MR) is 56.4 cm³/mol. The number of benzene rings is 1. The monoisotopic (exact) mass is 191 g/mol. The van der Waals surface area contributed by atoms with Gasteiger partial charge in [-0.05, 0) is 18.6 Å². The van der Waals surface area contributed by atoms with E-state index in [4.69, 9.17) is 9.52 Å². The first-order valence-electron chi connectivity index (χ1n) is 4.73. The second-order valence-corrected chi connectivity index (χ2v) is 3.15. The van der Waals surface area contributed by atoms with E-state index in [2.05, 4.69) is 5.32 Å². The number of rotatable bonds is 4. The van der Waals surface area contributed by atoms with Gasteiger partial charge in [-0.2, -0.15) is 0 Å². The third kappa shape index (κ3) is 1.72. The van der Waals surface area contributed by atoms with Gasteiger partial charge < -0.3 is 14.8 Å². The van der Waals surface area contributed by atoms with E-state index in [1.54, 1.807) is 6.26 Å². The predicted octanol–water partition coefficient (Wildman–Crippen LogP) is 2.23. The third-order valence-electron chi connectivity index (χ3n) is 2.13. The highest BCUT2D eigenvalue weighted by Gasteiger charge is 2.02. The molecule has 3 nitrogen and oxygen atoms in total. The van der Waals surface area contributed by atoms with Gasteiger partial charge in [-0.25, -0.2) is 0 Å². The van der Waals surface area contributed by atoms with E-state index < -0.39 is 0 Å². The van der Waals surface area contributed by atoms with E-state index >= 15 is 0 Å². The van der Waals surface area contributed by atoms with Gasteiger partial charge >= 0.3 is 0 Å². The van der Waals surface area contributed by atoms with Gasteiger partial charge in [0.05, 0.1) is 5.69 Å². The molecular weight excluding hydrogens is 178 g/mol. The summed E-state index contributed by atoms with van der Waals surface area (Å²) in [5, 5.41) is 12.9. The topological polar surface area (TPSA) is 45.4 Å². The fourth-order valence-corrected chi connectivity index (χ4v) is 1.42. The van der Waals surface area contributed by atoms with E-state index in [-0.39, 0.29) is 6.61 Å². The van der Waals surface area contributed by atoms with E-state index in [0.29, 0.717) is 0 Å². The zero-order valence-corrected chi connectivity index (χ0v) is 7.86. The lowest BCUT2D eigenvalue weighted by molar-refractivity contribution is 0.292. The van der Waals surface area contributed by atoms with Crippen LogP contribution in [-0.2, 0) is 0 Å². The van der Waals surface area contributed by atoms with Crippen molar-refractivity contribution in [1.29, 1.82) is 0 Å². The lowest BCUT2D eigenvalue weighted by Crippen LogP contribution is -2.02. The molecule has 0 aliphatic carbocycles. The summed E-state index contributed by atoms with van der Waals surface area (Å²) >= 11 is 0. The van der Waals surface area contributed by atoms with Gasteiger partial charge in [-0.15, -0.1) is 0 Å². The van der Waals surface area contributed by atoms with Crippen molar-refractivity contribution in [2.45, 2.75) is 6.42 Å². The Kier molecular flexibility index (Phi) is 2.70. The number of anilines is 1. The van der Waals surface area contributed by atoms with Crippen LogP contribution >= 0.6 is 0 Å². The molecular formula is C11H13NO2. The average Bonchev–Trinajstić information content (AvgIpc) is 2.63. The molecule has 1 aromatic heterocycles. The van der Waals surface area contributed by atoms with Crippen LogP contribution in [0, 0.1) is 0 Å². The molecule has 0 amide bonds. The lowest BCUT2D eigenvalue weighted by Gasteiger charge is -2.01. The summed E-state index contributed by atoms with van der Waals surface area (Å²) < 4.78 is 5.35. The third-order valence-corrected chi connectivity index (χ3v) is 2.13. The SMILES string of the molecule is OCCCNc1coc2ccccc12. The van der Waals surface area contributed by atoms with Crippen LogP contribution in [0.15, 0.2) is 34.9 Å². The van der Waals surface area contributed by atoms with Crippen molar-refractivity contribution in [2.24, 2.45) is 0 Å². The van der Waals surface area contributed by atoms with Crippen molar-refractivity contribution in [3.8, 4) is 0 Å². The minimum Gasteiger partial charge on any atom is -0.462 e. The maximum Gasteiger partial charge on any atom is 0.136 e. The second-order valence-electron chi connectivity index (χ2n) is 3.15. The molecule has 2 aromatic rings. The molecule has 0 fully saturated rings. The quantitative estimate of drug-likeness (QED) is 0.728. The first-order valence-corrected chi connectivity index (χ1v) is 4.73. The van der Waals surface area contributed by atoms with E-state index in [9.17, 15) is 0 Å². The molecule has 0 radical (unpaired) electrons. The van der Waals surface area contributed by atoms with Crippen LogP contribution in [0.5, 0.6) is 0 Å². The summed E-state index contributed by atoms with van der Waals surface area (Å²) in [5.74, 6) is 0. The van der Waals surface area contributed by atoms with Gasteiger partial charge in [0.2, 0.25) is 0 Å². The van der Waals surface area contributed by atoms with Crippen molar-refractivity contribution in [2.75, 3.05) is 18.5 Å². The van der Waals surface area contributed by atoms with Crippen LogP contribution in [-0.4, -0.2) is 18.3 Å². The van der Waals surface area contributed by atoms with Crippen molar-refractivity contribution in [3.05, 3.63) is 30.5 Å². The Morgan fingerprint density at radius 3 is 3.00 bits per heavy atom. The number of para-hydroxylation sites is 1. The van der Waals surface area contributed by atoms with Crippen LogP contribution in [0.4, 0.5) is 5.69 Å². The highest BCUT2D eigenvalue weighted by atomic mass is 16.3. The van der Waals surface area contributed by atoms with Crippen molar-refractivity contribution in [3.63, 3.8) is 0 Å². The largest absolute Gasteiger partial charge is 0.462 e. The number of furan rings is 1. The minimum atomic E-state index is 0.211. The molecule has 0 aliphatic rings. The number of aliphatic hydroxyl groups is 1. The number of hydrogen-bond donors (Lipinski definition) is 2. The molecule has 14 heavy (non-hydrogen) atoms. The number of hydrogen-bond acceptors (Lipinski definition) is 3. The maximum atomic E-state index is 8.64. The smallest absolute Gasteiger partial charge is 0.136 e. The molecule has 1 aromatic carbocycles. The molecule has 1 heterocycles. The maximum absolute atomic E-state index is 8.64. The van der Waals surface area contributed by atoms with Crippen LogP contribution < -0.4 is 5.32 Å². The van der Waals surface area contributed by atoms with Crippen molar-refractivity contribution in [1.82, 2.24) is 0 Å². The molecule has 0 unspecified atom stereocenters. The molecule has 0 saturated heterocycles. The minimum absolute atomic E-state index is 0.211. The van der Waals surface area contributed by atoms with Gasteiger partial charge in [0.15, 0.2) is 0 Å². The summed E-state index contributed by atoms with van der Waals surface area (Å²) in [4.78, 5) is 0. The molecule has 0 spiro atoms. The molecule has 2 rings (SSSR count). The summed E-state index contributed by atoms with van der Waals surface area (Å²) in [6, 6.07) is 7.88. The molecule has 0 saturated carbocycles. The highest BCUT2D eigenvalue weighted by molar-refractivity contribution is 5.90. The molecule has 0 aliphatic heterocycles. The summed E-state index contributed by atoms with van der Waals surface area (Å²) in [6.07, 6.45) is 2.46. The number of nitrogens with one attached hydrogen (secondary N) is 1. The first-order chi connectivity index (χ1) is 6.92. The second kappa shape index (κ2) is 4.15. The number of fused-ring (bicyclic) bond motifs is 1. The summed E-state index contributed by atoms with van der Waals surface area (Å²) in [7, 11) is 0. The Labute approximate surface area is 82.3 Å². The zero-order valence-electron chi connectivity index (χ0n) is 7.86. The summed E-state index contributed by atoms with van der Waals surface area (Å²) in [5.41, 5.74) is 1.88. The van der Waals surface area contributed by atoms with Gasteiger partial charge in [-0.1, -0.05) is 12.1 Å². The Balaban J connectivity index is 2.17. The Morgan fingerprint density at radius 1 is 1.29 bits per heavy atom. The van der Waals surface area contributed by atoms with Crippen molar-refractivity contribution >= 4 is 16.7 Å². The van der Waals surface area contributed by atoms with Gasteiger partial charge in [0.1, 0.15) is 11.8 Å². The fourth-order valence-electron chi connectivity index (χ4n) is 1.42. The van der Waals surface area contributed by atoms with Crippen LogP contribution in [0.2, 0.25) is 0 Å². The van der Waals surface area contributed by atoms with Crippen LogP contribution in [0.25, 0.3) is 11.0 Å². The fraction of sp³-hybridized carbons (Fsp3) is 0.273. The molecule has 3 heteroatoms. The van der Waals surface area contributed by atoms with Crippen molar-refractivity contribution < 1.29 is 9.52 Å². The van der Waals surface area contributed by atoms with Crippen LogP contribution in [0.3, 0.4) is 0 Å². The number of aliphatic hydroxyl groups excluding tert-OH is 1. The average molecular weight is 191 g/mol. The van der Waals surface area contributed by atoms with Gasteiger partial charge in [-0.3, -0.25) is 0 Å². The molecule has 0 atom stereocenters. The standard InChI is InChI=1S/C11H13NO2/c13-7-3-6-12-10-8-14-11-5-2-1-4-9(10)11/h1-2,4-5,8,12-13H,3,6-7H2. The Hall–Kier alpha value is -1.48. The Morgan fingerprint density at radius 2 is 2.14 bits per heavy atom. The Bertz CT molecular complexity index is 408. The van der Waals surface area contributed by atoms with Gasteiger partial charge in [0, 0.05) is 18.5 Å². The van der Waals surface area contributed by atoms with E-state index in [1.807, 2.05) is 24.3 Å². The molecule has 74 valence electrons. The molecule has 2 N–H and O–H groups in total. The highest BCUT2D eigenvalue weighted by Crippen LogP contribution is 2.24. The first kappa shape index (κ1) is 9.09. The summed E-state index contributed by atoms with van der Waals surface area (Å²) in [6.45, 7) is 0.975. The van der Waals surface area contributed by atoms with Crippen LogP contribution in [0.1, 0.15) is 6.42 Å². The normalized spacial score (nSPS) is 10.6. The van der Waals surface area contributed by atoms with Gasteiger partial charge in [0.25, 0.3) is 0 Å². The molecule has 0 bridgehead atoms. The van der Waals surface area contributed by atoms with E-state index in [1.165, 1.54) is 0 Å². The lowest BCUT2D eigenvalue weighted by atomic mass is 10.2. The zero-order chi connectivity index (χ0) is 9.80. The van der Waals surface area contributed by atoms with E-state index in [0.717, 1.165) is 29.6 Å².